The molecule has 256 valence electrons. The van der Waals surface area contributed by atoms with Gasteiger partial charge in [-0.15, -0.1) is 0 Å². The topological polar surface area (TPSA) is 106 Å². The van der Waals surface area contributed by atoms with Gasteiger partial charge in [-0.3, -0.25) is 10.1 Å². The summed E-state index contributed by atoms with van der Waals surface area (Å²) in [5, 5.41) is 8.76. The van der Waals surface area contributed by atoms with Gasteiger partial charge in [0, 0.05) is 24.6 Å². The highest BCUT2D eigenvalue weighted by Gasteiger charge is 2.33. The van der Waals surface area contributed by atoms with Crippen molar-refractivity contribution in [2.75, 3.05) is 24.0 Å². The van der Waals surface area contributed by atoms with Gasteiger partial charge in [0.15, 0.2) is 11.6 Å². The zero-order valence-corrected chi connectivity index (χ0v) is 26.4. The number of urea groups is 1. The molecule has 13 heteroatoms. The van der Waals surface area contributed by atoms with Crippen molar-refractivity contribution in [1.82, 2.24) is 10.1 Å². The van der Waals surface area contributed by atoms with E-state index >= 15 is 0 Å². The number of ether oxygens (including phenoxy) is 1. The van der Waals surface area contributed by atoms with Crippen molar-refractivity contribution >= 4 is 23.3 Å². The molecule has 1 aromatic carbocycles. The second-order valence-corrected chi connectivity index (χ2v) is 12.5. The van der Waals surface area contributed by atoms with E-state index in [0.717, 1.165) is 24.8 Å². The molecule has 2 unspecified atom stereocenters. The maximum atomic E-state index is 13.2. The van der Waals surface area contributed by atoms with Gasteiger partial charge in [-0.05, 0) is 87.6 Å². The number of aromatic nitrogens is 2. The predicted octanol–water partition coefficient (Wildman–Crippen LogP) is 9.18. The monoisotopic (exact) mass is 664 g/mol. The molecule has 47 heavy (non-hydrogen) atoms. The maximum absolute atomic E-state index is 13.2. The van der Waals surface area contributed by atoms with Gasteiger partial charge < -0.3 is 14.6 Å². The molecule has 2 atom stereocenters. The summed E-state index contributed by atoms with van der Waals surface area (Å²) in [6.07, 6.45) is 2.97. The van der Waals surface area contributed by atoms with E-state index in [1.807, 2.05) is 12.1 Å². The summed E-state index contributed by atoms with van der Waals surface area (Å²) >= 11 is 0. The summed E-state index contributed by atoms with van der Waals surface area (Å²) in [7, 11) is 0. The number of hydrogen-bond acceptors (Lipinski definition) is 6. The number of alkyl halides is 5. The first-order valence-corrected chi connectivity index (χ1v) is 15.9. The number of carbonyl (C=O) groups is 2. The molecule has 8 nitrogen and oxygen atoms in total. The first-order chi connectivity index (χ1) is 22.5. The number of anilines is 2. The maximum Gasteiger partial charge on any atom is 0.389 e. The Labute approximate surface area is 270 Å². The van der Waals surface area contributed by atoms with Crippen LogP contribution in [0.5, 0.6) is 5.75 Å². The quantitative estimate of drug-likeness (QED) is 0.139. The minimum atomic E-state index is -4.12. The molecule has 0 spiro atoms. The lowest BCUT2D eigenvalue weighted by molar-refractivity contribution is -0.145. The fraction of sp³-hybridized carbons (Fsp3) is 0.529. The molecule has 2 amide bonds. The highest BCUT2D eigenvalue weighted by molar-refractivity contribution is 5.99. The van der Waals surface area contributed by atoms with Crippen molar-refractivity contribution in [1.29, 1.82) is 0 Å². The number of ketones is 1. The van der Waals surface area contributed by atoms with E-state index in [1.165, 1.54) is 19.2 Å². The van der Waals surface area contributed by atoms with Gasteiger partial charge in [0.1, 0.15) is 30.6 Å². The van der Waals surface area contributed by atoms with Crippen LogP contribution in [0.15, 0.2) is 53.2 Å². The number of Topliss-reactive ketones (excluding diaryl/α,β-unsaturated/α-hetero) is 1. The summed E-state index contributed by atoms with van der Waals surface area (Å²) in [5.74, 6) is 0.140. The summed E-state index contributed by atoms with van der Waals surface area (Å²) in [4.78, 5) is 29.3. The second-order valence-electron chi connectivity index (χ2n) is 12.5. The minimum absolute atomic E-state index is 0.00816. The van der Waals surface area contributed by atoms with Crippen LogP contribution >= 0.6 is 0 Å². The van der Waals surface area contributed by atoms with E-state index in [0.29, 0.717) is 62.1 Å². The van der Waals surface area contributed by atoms with Gasteiger partial charge in [0.2, 0.25) is 0 Å². The molecule has 2 heterocycles. The van der Waals surface area contributed by atoms with Gasteiger partial charge in [0.05, 0.1) is 17.7 Å². The van der Waals surface area contributed by atoms with Crippen molar-refractivity contribution in [3.8, 4) is 5.75 Å². The smallest absolute Gasteiger partial charge is 0.389 e. The Morgan fingerprint density at radius 2 is 1.66 bits per heavy atom. The van der Waals surface area contributed by atoms with Crippen LogP contribution in [0.4, 0.5) is 38.3 Å². The predicted molar refractivity (Wildman–Crippen MR) is 167 cm³/mol. The van der Waals surface area contributed by atoms with E-state index in [2.05, 4.69) is 20.8 Å². The number of pyridine rings is 1. The van der Waals surface area contributed by atoms with E-state index in [1.54, 1.807) is 24.3 Å². The first kappa shape index (κ1) is 35.8. The number of carbonyl (C=O) groups excluding carboxylic acids is 2. The zero-order chi connectivity index (χ0) is 33.9. The molecule has 0 aliphatic heterocycles. The van der Waals surface area contributed by atoms with Crippen LogP contribution in [-0.4, -0.2) is 47.6 Å². The van der Waals surface area contributed by atoms with E-state index in [4.69, 9.17) is 9.26 Å². The van der Waals surface area contributed by atoms with Gasteiger partial charge >= 0.3 is 12.2 Å². The lowest BCUT2D eigenvalue weighted by atomic mass is 9.91. The molecule has 3 aromatic rings. The molecule has 2 aromatic heterocycles. The molecule has 2 N–H and O–H groups in total. The summed E-state index contributed by atoms with van der Waals surface area (Å²) < 4.78 is 75.9. The van der Waals surface area contributed by atoms with Crippen molar-refractivity contribution in [2.24, 2.45) is 5.92 Å². The number of nitrogens with zero attached hydrogens (tertiary/aromatic N) is 2. The fourth-order valence-corrected chi connectivity index (χ4v) is 5.59. The van der Waals surface area contributed by atoms with Crippen LogP contribution in [0.2, 0.25) is 0 Å². The minimum Gasteiger partial charge on any atom is -0.489 e. The average Bonchev–Trinajstić information content (AvgIpc) is 3.54. The van der Waals surface area contributed by atoms with E-state index < -0.39 is 37.4 Å². The normalized spacial score (nSPS) is 17.7. The Kier molecular flexibility index (Phi) is 12.7. The molecule has 1 aliphatic carbocycles. The van der Waals surface area contributed by atoms with Crippen LogP contribution < -0.4 is 15.4 Å². The third kappa shape index (κ3) is 11.3. The number of halogens is 5. The van der Waals surface area contributed by atoms with Crippen LogP contribution in [0.3, 0.4) is 0 Å². The van der Waals surface area contributed by atoms with E-state index in [-0.39, 0.29) is 29.4 Å². The van der Waals surface area contributed by atoms with Crippen LogP contribution in [0, 0.1) is 5.92 Å². The van der Waals surface area contributed by atoms with Gasteiger partial charge in [0.25, 0.3) is 0 Å². The molecule has 1 saturated carbocycles. The van der Waals surface area contributed by atoms with Gasteiger partial charge in [-0.25, -0.2) is 18.6 Å². The molecule has 1 aliphatic rings. The number of aryl methyl sites for hydroxylation is 1. The Morgan fingerprint density at radius 1 is 0.957 bits per heavy atom. The zero-order valence-electron chi connectivity index (χ0n) is 26.4. The second kappa shape index (κ2) is 16.7. The third-order valence-electron chi connectivity index (χ3n) is 8.39. The first-order valence-electron chi connectivity index (χ1n) is 15.9. The number of amides is 2. The van der Waals surface area contributed by atoms with Gasteiger partial charge in [-0.2, -0.15) is 13.2 Å². The standard InChI is InChI=1S/C34H41F5N4O4/c1-33(21-35,22-36)30-18-31(43-47-30)42-32(45)41-25-14-12-23(13-15-25)7-5-11-29(44)28-17-16-27(20-40-28)46-26-9-3-2-6-24(8-4-10-26)19-34(37,38)39/h12-18,20,24,26H,2-11,19,21-22H2,1H3,(H2,41,42,43,45). The summed E-state index contributed by atoms with van der Waals surface area (Å²) in [5.41, 5.74) is 0.355. The molecule has 0 saturated heterocycles. The largest absolute Gasteiger partial charge is 0.489 e. The molecule has 4 rings (SSSR count). The molecular weight excluding hydrogens is 623 g/mol. The molecule has 0 radical (unpaired) electrons. The fourth-order valence-electron chi connectivity index (χ4n) is 5.59. The van der Waals surface area contributed by atoms with Crippen LogP contribution in [0.25, 0.3) is 0 Å². The average molecular weight is 665 g/mol. The Hall–Kier alpha value is -4.03. The highest BCUT2D eigenvalue weighted by atomic mass is 19.4. The van der Waals surface area contributed by atoms with Crippen molar-refractivity contribution in [2.45, 2.75) is 95.2 Å². The van der Waals surface area contributed by atoms with Crippen molar-refractivity contribution in [3.63, 3.8) is 0 Å². The molecular formula is C34H41F5N4O4. The van der Waals surface area contributed by atoms with Crippen LogP contribution in [0.1, 0.15) is 92.9 Å². The molecule has 1 fully saturated rings. The summed E-state index contributed by atoms with van der Waals surface area (Å²) in [6.45, 7) is -0.598. The van der Waals surface area contributed by atoms with Crippen LogP contribution in [-0.2, 0) is 11.8 Å². The van der Waals surface area contributed by atoms with Gasteiger partial charge in [-0.1, -0.05) is 30.1 Å². The molecule has 0 bridgehead atoms. The number of rotatable bonds is 13. The third-order valence-corrected chi connectivity index (χ3v) is 8.39. The summed E-state index contributed by atoms with van der Waals surface area (Å²) in [6, 6.07) is 11.1. The van der Waals surface area contributed by atoms with E-state index in [9.17, 15) is 31.5 Å². The SMILES string of the molecule is CC(CF)(CF)c1cc(NC(=O)Nc2ccc(CCCC(=O)c3ccc(OC4CCCCC(CC(F)(F)F)CCC4)cn3)cc2)no1. The Morgan fingerprint density at radius 3 is 2.34 bits per heavy atom. The Bertz CT molecular complexity index is 1430. The van der Waals surface area contributed by atoms with Crippen molar-refractivity contribution in [3.05, 3.63) is 65.7 Å². The highest BCUT2D eigenvalue weighted by Crippen LogP contribution is 2.33. The lowest BCUT2D eigenvalue weighted by Gasteiger charge is -2.19. The lowest BCUT2D eigenvalue weighted by Crippen LogP contribution is -2.26. The van der Waals surface area contributed by atoms with Crippen molar-refractivity contribution < 1.29 is 40.8 Å². The Balaban J connectivity index is 1.17. The number of nitrogens with one attached hydrogen (secondary N) is 2. The number of benzene rings is 1. The number of hydrogen-bond donors (Lipinski definition) is 2.